The number of non-ortho nitro benzene ring substituents is 1. The van der Waals surface area contributed by atoms with E-state index < -0.39 is 19.9 Å². The number of phenolic OH excluding ortho intramolecular Hbond substituents is 1. The van der Waals surface area contributed by atoms with E-state index in [0.717, 1.165) is 30.3 Å². The molecule has 13 nitrogen and oxygen atoms in total. The molecular weight excluding hydrogens is 465 g/mol. The molecule has 3 rings (SSSR count). The molecule has 0 amide bonds. The molecule has 0 spiro atoms. The van der Waals surface area contributed by atoms with Gasteiger partial charge in [0, 0.05) is 12.1 Å². The van der Waals surface area contributed by atoms with Gasteiger partial charge < -0.3 is 21.1 Å². The zero-order valence-corrected chi connectivity index (χ0v) is 19.8. The van der Waals surface area contributed by atoms with Crippen molar-refractivity contribution in [1.29, 1.82) is 0 Å². The maximum absolute atomic E-state index is 11.0. The van der Waals surface area contributed by atoms with Gasteiger partial charge in [0.2, 0.25) is 0 Å². The van der Waals surface area contributed by atoms with Crippen molar-refractivity contribution in [1.82, 2.24) is 0 Å². The maximum Gasteiger partial charge on any atom is 1.00 e. The molecule has 0 saturated heterocycles. The summed E-state index contributed by atoms with van der Waals surface area (Å²) >= 11 is 0. The van der Waals surface area contributed by atoms with E-state index in [2.05, 4.69) is 20.5 Å². The van der Waals surface area contributed by atoms with Gasteiger partial charge >= 0.3 is 29.6 Å². The van der Waals surface area contributed by atoms with Crippen LogP contribution in [-0.4, -0.2) is 23.0 Å². The Morgan fingerprint density at radius 1 is 0.818 bits per heavy atom. The molecule has 0 saturated carbocycles. The third-order valence-corrected chi connectivity index (χ3v) is 4.86. The van der Waals surface area contributed by atoms with E-state index in [4.69, 9.17) is 11.5 Å². The smallest absolute Gasteiger partial charge is 0.744 e. The maximum atomic E-state index is 11.0. The van der Waals surface area contributed by atoms with E-state index in [-0.39, 0.29) is 75.1 Å². The summed E-state index contributed by atoms with van der Waals surface area (Å²) in [6, 6.07) is 10.7. The Hall–Kier alpha value is -3.43. The van der Waals surface area contributed by atoms with Crippen molar-refractivity contribution >= 4 is 49.9 Å². The summed E-state index contributed by atoms with van der Waals surface area (Å²) in [4.78, 5) is 9.83. The summed E-state index contributed by atoms with van der Waals surface area (Å²) in [6.45, 7) is 0. The average Bonchev–Trinajstić information content (AvgIpc) is 2.73. The van der Waals surface area contributed by atoms with Crippen molar-refractivity contribution in [3.8, 4) is 5.75 Å². The number of nitro benzene ring substituents is 1. The van der Waals surface area contributed by atoms with Gasteiger partial charge in [-0.05, 0) is 42.5 Å². The summed E-state index contributed by atoms with van der Waals surface area (Å²) in [5.41, 5.74) is 12.1. The van der Waals surface area contributed by atoms with Crippen LogP contribution in [0.1, 0.15) is 0 Å². The second-order valence-corrected chi connectivity index (χ2v) is 7.63. The summed E-state index contributed by atoms with van der Waals surface area (Å²) in [5.74, 6) is -0.322. The number of benzene rings is 3. The summed E-state index contributed by atoms with van der Waals surface area (Å²) < 4.78 is 32.9. The zero-order valence-electron chi connectivity index (χ0n) is 17.0. The number of anilines is 2. The van der Waals surface area contributed by atoms with Gasteiger partial charge in [0.05, 0.1) is 26.9 Å². The van der Waals surface area contributed by atoms with Gasteiger partial charge in [-0.15, -0.1) is 15.3 Å². The van der Waals surface area contributed by atoms with Gasteiger partial charge in [0.15, 0.2) is 0 Å². The number of nitro groups is 1. The van der Waals surface area contributed by atoms with Gasteiger partial charge in [0.1, 0.15) is 32.9 Å². The molecule has 0 unspecified atom stereocenters. The summed E-state index contributed by atoms with van der Waals surface area (Å²) in [7, 11) is -4.58. The third-order valence-electron chi connectivity index (χ3n) is 4.01. The minimum atomic E-state index is -4.58. The van der Waals surface area contributed by atoms with E-state index in [9.17, 15) is 28.2 Å². The van der Waals surface area contributed by atoms with Crippen molar-refractivity contribution in [2.45, 2.75) is 4.90 Å². The number of hydrogen-bond acceptors (Lipinski definition) is 12. The monoisotopic (exact) mass is 479 g/mol. The molecule has 0 fully saturated rings. The number of hydrogen-bond donors (Lipinski definition) is 3. The van der Waals surface area contributed by atoms with Crippen LogP contribution in [0.25, 0.3) is 0 Å². The van der Waals surface area contributed by atoms with E-state index in [1.807, 2.05) is 0 Å². The van der Waals surface area contributed by atoms with Gasteiger partial charge in [-0.2, -0.15) is 5.11 Å². The van der Waals surface area contributed by atoms with Crippen LogP contribution < -0.4 is 41.0 Å². The van der Waals surface area contributed by atoms with Crippen molar-refractivity contribution < 1.29 is 52.6 Å². The number of aromatic hydroxyl groups is 1. The Bertz CT molecular complexity index is 1360. The fourth-order valence-electron chi connectivity index (χ4n) is 2.39. The fraction of sp³-hybridized carbons (Fsp3) is 0. The van der Waals surface area contributed by atoms with Gasteiger partial charge in [0.25, 0.3) is 5.69 Å². The molecule has 0 aliphatic heterocycles. The molecule has 5 N–H and O–H groups in total. The van der Waals surface area contributed by atoms with Crippen LogP contribution in [0.5, 0.6) is 5.75 Å². The molecule has 0 aliphatic carbocycles. The van der Waals surface area contributed by atoms with Crippen molar-refractivity contribution in [2.75, 3.05) is 11.5 Å². The Morgan fingerprint density at radius 2 is 1.36 bits per heavy atom. The van der Waals surface area contributed by atoms with Crippen LogP contribution in [0, 0.1) is 10.1 Å². The van der Waals surface area contributed by atoms with E-state index in [1.54, 1.807) is 0 Å². The minimum absolute atomic E-state index is 0. The number of phenols is 1. The third kappa shape index (κ3) is 6.53. The molecule has 15 heteroatoms. The minimum Gasteiger partial charge on any atom is -0.744 e. The van der Waals surface area contributed by atoms with Crippen molar-refractivity contribution in [3.63, 3.8) is 0 Å². The number of nitrogens with two attached hydrogens (primary N) is 2. The first-order valence-corrected chi connectivity index (χ1v) is 10.0. The largest absolute Gasteiger partial charge is 1.00 e. The predicted molar refractivity (Wildman–Crippen MR) is 113 cm³/mol. The van der Waals surface area contributed by atoms with Crippen molar-refractivity contribution in [3.05, 3.63) is 64.7 Å². The molecule has 0 bridgehead atoms. The molecule has 33 heavy (non-hydrogen) atoms. The van der Waals surface area contributed by atoms with Gasteiger partial charge in [-0.3, -0.25) is 10.1 Å². The summed E-state index contributed by atoms with van der Waals surface area (Å²) in [6.07, 6.45) is 0. The van der Waals surface area contributed by atoms with E-state index >= 15 is 0 Å². The van der Waals surface area contributed by atoms with E-state index in [1.165, 1.54) is 24.3 Å². The molecular formula is C18H14N7NaO6S. The molecule has 0 heterocycles. The fourth-order valence-corrected chi connectivity index (χ4v) is 2.86. The van der Waals surface area contributed by atoms with Gasteiger partial charge in [-0.25, -0.2) is 8.42 Å². The quantitative estimate of drug-likeness (QED) is 0.116. The summed E-state index contributed by atoms with van der Waals surface area (Å²) in [5, 5.41) is 36.3. The number of nitrogens with zero attached hydrogens (tertiary/aromatic N) is 5. The van der Waals surface area contributed by atoms with Crippen LogP contribution in [-0.2, 0) is 10.1 Å². The Labute approximate surface area is 209 Å². The normalized spacial score (nSPS) is 11.5. The molecule has 3 aromatic carbocycles. The zero-order chi connectivity index (χ0) is 23.5. The van der Waals surface area contributed by atoms with E-state index in [0.29, 0.717) is 0 Å². The Kier molecular flexibility index (Phi) is 8.18. The SMILES string of the molecule is Nc1cc(N)c(N=Nc2cc([N+](=O)[O-])ccc2O)cc1N=Nc1ccc(S(=O)(=O)[O-])cc1.[Na+]. The Morgan fingerprint density at radius 3 is 1.91 bits per heavy atom. The number of rotatable bonds is 6. The van der Waals surface area contributed by atoms with Crippen molar-refractivity contribution in [2.24, 2.45) is 20.5 Å². The molecule has 164 valence electrons. The van der Waals surface area contributed by atoms with Crippen LogP contribution in [0.15, 0.2) is 79.9 Å². The first-order valence-electron chi connectivity index (χ1n) is 8.60. The predicted octanol–water partition coefficient (Wildman–Crippen LogP) is 1.20. The molecule has 0 radical (unpaired) electrons. The Balaban J connectivity index is 0.00000385. The molecule has 0 atom stereocenters. The second-order valence-electron chi connectivity index (χ2n) is 6.25. The van der Waals surface area contributed by atoms with Crippen LogP contribution >= 0.6 is 0 Å². The molecule has 3 aromatic rings. The first kappa shape index (κ1) is 25.8. The average molecular weight is 479 g/mol. The topological polar surface area (TPSA) is 222 Å². The number of azo groups is 2. The van der Waals surface area contributed by atoms with Crippen LogP contribution in [0.3, 0.4) is 0 Å². The molecule has 0 aliphatic rings. The first-order chi connectivity index (χ1) is 15.0. The van der Waals surface area contributed by atoms with Crippen LogP contribution in [0.4, 0.5) is 39.8 Å². The van der Waals surface area contributed by atoms with Gasteiger partial charge in [-0.1, -0.05) is 0 Å². The second kappa shape index (κ2) is 10.5. The van der Waals surface area contributed by atoms with Crippen LogP contribution in [0.2, 0.25) is 0 Å². The standard InChI is InChI=1S/C18H15N7O6S.Na/c19-13-8-14(20)16(23-24-17-7-11(25(27)28)3-6-18(17)26)9-15(13)22-21-10-1-4-12(5-2-10)32(29,30)31;/h1-9,26H,19-20H2,(H,29,30,31);/q;+1/p-1. The molecule has 0 aromatic heterocycles. The number of nitrogen functional groups attached to an aromatic ring is 2.